The van der Waals surface area contributed by atoms with Crippen molar-refractivity contribution < 1.29 is 9.53 Å². The van der Waals surface area contributed by atoms with Gasteiger partial charge < -0.3 is 10.5 Å². The fourth-order valence-electron chi connectivity index (χ4n) is 0.863. The molecule has 0 aromatic heterocycles. The van der Waals surface area contributed by atoms with Gasteiger partial charge in [0.05, 0.1) is 6.61 Å². The molecule has 0 aliphatic heterocycles. The third kappa shape index (κ3) is 4.19. The SMILES string of the molecule is CCCC(N)=C(SC#N)C(=O)OCC. The highest BCUT2D eigenvalue weighted by Crippen LogP contribution is 2.20. The Bertz CT molecular complexity index is 268. The number of esters is 1. The molecule has 0 heterocycles. The molecule has 0 atom stereocenters. The van der Waals surface area contributed by atoms with Crippen LogP contribution in [0.25, 0.3) is 0 Å². The first-order chi connectivity index (χ1) is 6.67. The van der Waals surface area contributed by atoms with Crippen LogP contribution in [0.15, 0.2) is 10.6 Å². The van der Waals surface area contributed by atoms with E-state index in [1.807, 2.05) is 12.3 Å². The summed E-state index contributed by atoms with van der Waals surface area (Å²) < 4.78 is 4.78. The largest absolute Gasteiger partial charge is 0.462 e. The van der Waals surface area contributed by atoms with Crippen LogP contribution in [0.3, 0.4) is 0 Å². The van der Waals surface area contributed by atoms with E-state index in [1.54, 1.807) is 6.92 Å². The van der Waals surface area contributed by atoms with Crippen LogP contribution in [-0.2, 0) is 9.53 Å². The Kier molecular flexibility index (Phi) is 6.68. The van der Waals surface area contributed by atoms with E-state index in [9.17, 15) is 4.79 Å². The molecule has 0 rings (SSSR count). The van der Waals surface area contributed by atoms with E-state index < -0.39 is 5.97 Å². The van der Waals surface area contributed by atoms with Gasteiger partial charge in [-0.25, -0.2) is 4.79 Å². The maximum atomic E-state index is 11.3. The molecular formula is C9H14N2O2S. The average molecular weight is 214 g/mol. The Hall–Kier alpha value is -1.15. The summed E-state index contributed by atoms with van der Waals surface area (Å²) >= 11 is 0.758. The summed E-state index contributed by atoms with van der Waals surface area (Å²) in [6.07, 6.45) is 1.43. The molecule has 0 fully saturated rings. The lowest BCUT2D eigenvalue weighted by atomic mass is 10.2. The number of nitrogens with zero attached hydrogens (tertiary/aromatic N) is 1. The fraction of sp³-hybridized carbons (Fsp3) is 0.556. The number of carbonyl (C=O) groups is 1. The number of carbonyl (C=O) groups excluding carboxylic acids is 1. The highest BCUT2D eigenvalue weighted by molar-refractivity contribution is 8.08. The van der Waals surface area contributed by atoms with Crippen LogP contribution in [0.5, 0.6) is 0 Å². The predicted octanol–water partition coefficient (Wildman–Crippen LogP) is 1.73. The van der Waals surface area contributed by atoms with Crippen LogP contribution in [0, 0.1) is 10.7 Å². The molecule has 0 unspecified atom stereocenters. The third-order valence-corrected chi connectivity index (χ3v) is 2.14. The lowest BCUT2D eigenvalue weighted by Crippen LogP contribution is -2.11. The van der Waals surface area contributed by atoms with Crippen LogP contribution in [-0.4, -0.2) is 12.6 Å². The Morgan fingerprint density at radius 2 is 2.21 bits per heavy atom. The molecule has 0 aromatic rings. The summed E-state index contributed by atoms with van der Waals surface area (Å²) in [5, 5.41) is 10.3. The highest BCUT2D eigenvalue weighted by atomic mass is 32.2. The molecule has 0 saturated carbocycles. The summed E-state index contributed by atoms with van der Waals surface area (Å²) in [4.78, 5) is 11.5. The Labute approximate surface area is 88.1 Å². The van der Waals surface area contributed by atoms with Gasteiger partial charge in [-0.15, -0.1) is 0 Å². The molecule has 5 heteroatoms. The van der Waals surface area contributed by atoms with E-state index in [0.717, 1.165) is 18.2 Å². The topological polar surface area (TPSA) is 76.1 Å². The average Bonchev–Trinajstić information content (AvgIpc) is 2.14. The third-order valence-electron chi connectivity index (χ3n) is 1.42. The molecule has 0 aliphatic rings. The number of hydrogen-bond acceptors (Lipinski definition) is 5. The summed E-state index contributed by atoms with van der Waals surface area (Å²) in [5.41, 5.74) is 6.08. The highest BCUT2D eigenvalue weighted by Gasteiger charge is 2.15. The molecule has 0 aromatic carbocycles. The molecule has 0 amide bonds. The Balaban J connectivity index is 4.65. The molecule has 0 bridgehead atoms. The maximum Gasteiger partial charge on any atom is 0.347 e. The standard InChI is InChI=1S/C9H14N2O2S/c1-3-5-7(11)8(14-6-10)9(12)13-4-2/h3-5,11H2,1-2H3. The zero-order chi connectivity index (χ0) is 11.0. The van der Waals surface area contributed by atoms with Crippen molar-refractivity contribution in [3.8, 4) is 5.40 Å². The van der Waals surface area contributed by atoms with Crippen molar-refractivity contribution in [1.29, 1.82) is 5.26 Å². The smallest absolute Gasteiger partial charge is 0.347 e. The minimum Gasteiger partial charge on any atom is -0.462 e. The number of allylic oxidation sites excluding steroid dienone is 1. The van der Waals surface area contributed by atoms with Gasteiger partial charge in [0.2, 0.25) is 0 Å². The minimum atomic E-state index is -0.509. The van der Waals surface area contributed by atoms with Gasteiger partial charge >= 0.3 is 5.97 Å². The first-order valence-electron chi connectivity index (χ1n) is 4.39. The van der Waals surface area contributed by atoms with Gasteiger partial charge in [-0.3, -0.25) is 0 Å². The number of thioether (sulfide) groups is 1. The fourth-order valence-corrected chi connectivity index (χ4v) is 1.33. The van der Waals surface area contributed by atoms with Gasteiger partial charge in [0.1, 0.15) is 10.3 Å². The maximum absolute atomic E-state index is 11.3. The molecule has 78 valence electrons. The van der Waals surface area contributed by atoms with Crippen LogP contribution in [0.4, 0.5) is 0 Å². The molecule has 4 nitrogen and oxygen atoms in total. The van der Waals surface area contributed by atoms with Gasteiger partial charge in [0.15, 0.2) is 0 Å². The van der Waals surface area contributed by atoms with Crippen LogP contribution in [0.2, 0.25) is 0 Å². The van der Waals surface area contributed by atoms with E-state index in [4.69, 9.17) is 15.7 Å². The number of hydrogen-bond donors (Lipinski definition) is 1. The van der Waals surface area contributed by atoms with Crippen LogP contribution < -0.4 is 5.73 Å². The van der Waals surface area contributed by atoms with E-state index in [-0.39, 0.29) is 11.5 Å². The van der Waals surface area contributed by atoms with Crippen molar-refractivity contribution >= 4 is 17.7 Å². The Morgan fingerprint density at radius 1 is 1.57 bits per heavy atom. The summed E-state index contributed by atoms with van der Waals surface area (Å²) in [5.74, 6) is -0.509. The normalized spacial score (nSPS) is 11.5. The second kappa shape index (κ2) is 7.27. The summed E-state index contributed by atoms with van der Waals surface area (Å²) in [7, 11) is 0. The van der Waals surface area contributed by atoms with Crippen molar-refractivity contribution in [3.63, 3.8) is 0 Å². The van der Waals surface area contributed by atoms with Gasteiger partial charge in [0, 0.05) is 5.70 Å². The number of nitrogens with two attached hydrogens (primary N) is 1. The first-order valence-corrected chi connectivity index (χ1v) is 5.20. The van der Waals surface area contributed by atoms with Crippen LogP contribution in [0.1, 0.15) is 26.7 Å². The molecule has 0 radical (unpaired) electrons. The number of nitriles is 1. The molecular weight excluding hydrogens is 200 g/mol. The molecule has 2 N–H and O–H groups in total. The van der Waals surface area contributed by atoms with Gasteiger partial charge in [-0.2, -0.15) is 5.26 Å². The number of rotatable bonds is 5. The minimum absolute atomic E-state index is 0.219. The van der Waals surface area contributed by atoms with Crippen molar-refractivity contribution in [1.82, 2.24) is 0 Å². The van der Waals surface area contributed by atoms with E-state index in [0.29, 0.717) is 12.1 Å². The van der Waals surface area contributed by atoms with Crippen LogP contribution >= 0.6 is 11.8 Å². The van der Waals surface area contributed by atoms with Crippen molar-refractivity contribution in [3.05, 3.63) is 10.6 Å². The lowest BCUT2D eigenvalue weighted by molar-refractivity contribution is -0.137. The van der Waals surface area contributed by atoms with Crippen molar-refractivity contribution in [2.24, 2.45) is 5.73 Å². The summed E-state index contributed by atoms with van der Waals surface area (Å²) in [6.45, 7) is 3.95. The molecule has 0 spiro atoms. The first kappa shape index (κ1) is 12.8. The number of ether oxygens (including phenoxy) is 1. The molecule has 0 saturated heterocycles. The number of thiocyanates is 1. The van der Waals surface area contributed by atoms with Gasteiger partial charge in [-0.05, 0) is 25.1 Å². The van der Waals surface area contributed by atoms with E-state index in [1.165, 1.54) is 0 Å². The molecule has 14 heavy (non-hydrogen) atoms. The quantitative estimate of drug-likeness (QED) is 0.428. The summed E-state index contributed by atoms with van der Waals surface area (Å²) in [6, 6.07) is 0. The Morgan fingerprint density at radius 3 is 2.64 bits per heavy atom. The van der Waals surface area contributed by atoms with Gasteiger partial charge in [-0.1, -0.05) is 13.3 Å². The second-order valence-corrected chi connectivity index (χ2v) is 3.31. The van der Waals surface area contributed by atoms with Crippen molar-refractivity contribution in [2.45, 2.75) is 26.7 Å². The lowest BCUT2D eigenvalue weighted by Gasteiger charge is -2.06. The monoisotopic (exact) mass is 214 g/mol. The zero-order valence-corrected chi connectivity index (χ0v) is 9.19. The van der Waals surface area contributed by atoms with E-state index >= 15 is 0 Å². The molecule has 0 aliphatic carbocycles. The second-order valence-electron chi connectivity index (χ2n) is 2.52. The van der Waals surface area contributed by atoms with Crippen molar-refractivity contribution in [2.75, 3.05) is 6.61 Å². The predicted molar refractivity (Wildman–Crippen MR) is 56.0 cm³/mol. The van der Waals surface area contributed by atoms with E-state index in [2.05, 4.69) is 0 Å². The zero-order valence-electron chi connectivity index (χ0n) is 8.37. The van der Waals surface area contributed by atoms with Gasteiger partial charge in [0.25, 0.3) is 0 Å².